The first-order chi connectivity index (χ1) is 9.71. The molecule has 2 aromatic rings. The van der Waals surface area contributed by atoms with Gasteiger partial charge in [0.25, 0.3) is 0 Å². The van der Waals surface area contributed by atoms with Crippen molar-refractivity contribution in [3.8, 4) is 0 Å². The van der Waals surface area contributed by atoms with E-state index in [1.165, 1.54) is 16.7 Å². The fourth-order valence-corrected chi connectivity index (χ4v) is 2.37. The minimum atomic E-state index is 0.839. The van der Waals surface area contributed by atoms with E-state index >= 15 is 0 Å². The van der Waals surface area contributed by atoms with Gasteiger partial charge in [-0.1, -0.05) is 50.2 Å². The number of rotatable bonds is 6. The Morgan fingerprint density at radius 2 is 1.50 bits per heavy atom. The fourth-order valence-electron chi connectivity index (χ4n) is 2.37. The van der Waals surface area contributed by atoms with Crippen molar-refractivity contribution in [3.63, 3.8) is 0 Å². The first-order valence-electron chi connectivity index (χ1n) is 7.35. The molecule has 106 valence electrons. The van der Waals surface area contributed by atoms with Crippen LogP contribution >= 0.6 is 0 Å². The Labute approximate surface area is 122 Å². The van der Waals surface area contributed by atoms with Gasteiger partial charge in [-0.2, -0.15) is 0 Å². The van der Waals surface area contributed by atoms with E-state index in [4.69, 9.17) is 5.73 Å². The molecule has 2 aromatic carbocycles. The second-order valence-corrected chi connectivity index (χ2v) is 5.22. The molecule has 20 heavy (non-hydrogen) atoms. The summed E-state index contributed by atoms with van der Waals surface area (Å²) >= 11 is 0. The van der Waals surface area contributed by atoms with Gasteiger partial charge in [-0.3, -0.25) is 4.90 Å². The molecule has 2 heteroatoms. The van der Waals surface area contributed by atoms with Crippen LogP contribution in [0.5, 0.6) is 0 Å². The van der Waals surface area contributed by atoms with Crippen LogP contribution in [-0.2, 0) is 19.5 Å². The molecular weight excluding hydrogens is 244 g/mol. The fraction of sp³-hybridized carbons (Fsp3) is 0.333. The van der Waals surface area contributed by atoms with Crippen molar-refractivity contribution >= 4 is 5.69 Å². The zero-order valence-corrected chi connectivity index (χ0v) is 12.5. The molecule has 2 N–H and O–H groups in total. The predicted octanol–water partition coefficient (Wildman–Crippen LogP) is 3.85. The molecular formula is C18H24N2. The van der Waals surface area contributed by atoms with E-state index < -0.39 is 0 Å². The molecule has 2 rings (SSSR count). The molecule has 0 aliphatic heterocycles. The highest BCUT2D eigenvalue weighted by molar-refractivity contribution is 5.40. The van der Waals surface area contributed by atoms with Gasteiger partial charge in [0.1, 0.15) is 0 Å². The van der Waals surface area contributed by atoms with Crippen molar-refractivity contribution in [2.24, 2.45) is 0 Å². The van der Waals surface area contributed by atoms with Gasteiger partial charge in [0, 0.05) is 18.8 Å². The van der Waals surface area contributed by atoms with E-state index in [1.54, 1.807) is 0 Å². The Morgan fingerprint density at radius 3 is 2.10 bits per heavy atom. The van der Waals surface area contributed by atoms with Gasteiger partial charge < -0.3 is 5.73 Å². The van der Waals surface area contributed by atoms with Gasteiger partial charge in [-0.25, -0.2) is 0 Å². The van der Waals surface area contributed by atoms with Crippen LogP contribution in [-0.4, -0.2) is 11.4 Å². The first kappa shape index (κ1) is 14.6. The Morgan fingerprint density at radius 1 is 0.850 bits per heavy atom. The minimum absolute atomic E-state index is 0.839. The number of nitrogens with two attached hydrogens (primary N) is 1. The lowest BCUT2D eigenvalue weighted by Gasteiger charge is -2.21. The van der Waals surface area contributed by atoms with Crippen molar-refractivity contribution in [2.75, 3.05) is 12.3 Å². The lowest BCUT2D eigenvalue weighted by molar-refractivity contribution is 0.271. The van der Waals surface area contributed by atoms with Crippen molar-refractivity contribution in [1.82, 2.24) is 4.90 Å². The average molecular weight is 268 g/mol. The number of benzene rings is 2. The molecule has 0 saturated heterocycles. The monoisotopic (exact) mass is 268 g/mol. The summed E-state index contributed by atoms with van der Waals surface area (Å²) in [6.45, 7) is 7.34. The topological polar surface area (TPSA) is 29.3 Å². The third-order valence-electron chi connectivity index (χ3n) is 3.64. The summed E-state index contributed by atoms with van der Waals surface area (Å²) in [5, 5.41) is 0. The standard InChI is InChI=1S/C18H24N2/c1-3-15-8-10-16(11-9-15)13-20(4-2)14-17-6-5-7-18(19)12-17/h5-12H,3-4,13-14,19H2,1-2H3. The van der Waals surface area contributed by atoms with Crippen LogP contribution in [0.15, 0.2) is 48.5 Å². The van der Waals surface area contributed by atoms with Gasteiger partial charge in [0.15, 0.2) is 0 Å². The maximum atomic E-state index is 5.84. The molecule has 0 heterocycles. The zero-order valence-electron chi connectivity index (χ0n) is 12.5. The van der Waals surface area contributed by atoms with Crippen molar-refractivity contribution in [3.05, 3.63) is 65.2 Å². The molecule has 0 bridgehead atoms. The Balaban J connectivity index is 2.01. The second kappa shape index (κ2) is 7.11. The highest BCUT2D eigenvalue weighted by Gasteiger charge is 2.05. The van der Waals surface area contributed by atoms with Crippen LogP contribution in [0.3, 0.4) is 0 Å². The Bertz CT molecular complexity index is 531. The summed E-state index contributed by atoms with van der Waals surface area (Å²) in [7, 11) is 0. The third kappa shape index (κ3) is 4.10. The van der Waals surface area contributed by atoms with E-state index in [-0.39, 0.29) is 0 Å². The summed E-state index contributed by atoms with van der Waals surface area (Å²) in [5.41, 5.74) is 10.7. The van der Waals surface area contributed by atoms with Crippen LogP contribution in [0.25, 0.3) is 0 Å². The largest absolute Gasteiger partial charge is 0.399 e. The van der Waals surface area contributed by atoms with Gasteiger partial charge in [-0.15, -0.1) is 0 Å². The third-order valence-corrected chi connectivity index (χ3v) is 3.64. The molecule has 0 radical (unpaired) electrons. The number of hydrogen-bond acceptors (Lipinski definition) is 2. The van der Waals surface area contributed by atoms with Crippen LogP contribution < -0.4 is 5.73 Å². The lowest BCUT2D eigenvalue weighted by Crippen LogP contribution is -2.22. The minimum Gasteiger partial charge on any atom is -0.399 e. The Hall–Kier alpha value is -1.80. The molecule has 0 spiro atoms. The summed E-state index contributed by atoms with van der Waals surface area (Å²) < 4.78 is 0. The SMILES string of the molecule is CCc1ccc(CN(CC)Cc2cccc(N)c2)cc1. The van der Waals surface area contributed by atoms with Crippen molar-refractivity contribution < 1.29 is 0 Å². The highest BCUT2D eigenvalue weighted by atomic mass is 15.1. The number of aryl methyl sites for hydroxylation is 1. The van der Waals surface area contributed by atoms with Gasteiger partial charge in [-0.05, 0) is 41.8 Å². The Kier molecular flexibility index (Phi) is 5.19. The summed E-state index contributed by atoms with van der Waals surface area (Å²) in [6, 6.07) is 17.1. The molecule has 0 aromatic heterocycles. The molecule has 0 aliphatic rings. The predicted molar refractivity (Wildman–Crippen MR) is 86.5 cm³/mol. The number of anilines is 1. The van der Waals surface area contributed by atoms with Crippen LogP contribution in [0.4, 0.5) is 5.69 Å². The molecule has 0 fully saturated rings. The summed E-state index contributed by atoms with van der Waals surface area (Å²) in [4.78, 5) is 2.43. The number of nitrogens with zero attached hydrogens (tertiary/aromatic N) is 1. The van der Waals surface area contributed by atoms with Gasteiger partial charge in [0.05, 0.1) is 0 Å². The first-order valence-corrected chi connectivity index (χ1v) is 7.35. The molecule has 0 atom stereocenters. The lowest BCUT2D eigenvalue weighted by atomic mass is 10.1. The highest BCUT2D eigenvalue weighted by Crippen LogP contribution is 2.13. The van der Waals surface area contributed by atoms with E-state index in [1.807, 2.05) is 12.1 Å². The zero-order chi connectivity index (χ0) is 14.4. The van der Waals surface area contributed by atoms with Gasteiger partial charge in [0.2, 0.25) is 0 Å². The van der Waals surface area contributed by atoms with Crippen molar-refractivity contribution in [1.29, 1.82) is 0 Å². The quantitative estimate of drug-likeness (QED) is 0.806. The maximum absolute atomic E-state index is 5.84. The second-order valence-electron chi connectivity index (χ2n) is 5.22. The summed E-state index contributed by atoms with van der Waals surface area (Å²) in [6.07, 6.45) is 1.10. The number of hydrogen-bond donors (Lipinski definition) is 1. The average Bonchev–Trinajstić information content (AvgIpc) is 2.47. The van der Waals surface area contributed by atoms with E-state index in [0.29, 0.717) is 0 Å². The summed E-state index contributed by atoms with van der Waals surface area (Å²) in [5.74, 6) is 0. The van der Waals surface area contributed by atoms with E-state index in [0.717, 1.165) is 31.7 Å². The molecule has 0 saturated carbocycles. The smallest absolute Gasteiger partial charge is 0.0317 e. The van der Waals surface area contributed by atoms with Gasteiger partial charge >= 0.3 is 0 Å². The van der Waals surface area contributed by atoms with Crippen LogP contribution in [0.2, 0.25) is 0 Å². The van der Waals surface area contributed by atoms with Crippen LogP contribution in [0.1, 0.15) is 30.5 Å². The molecule has 0 aliphatic carbocycles. The van der Waals surface area contributed by atoms with E-state index in [9.17, 15) is 0 Å². The normalized spacial score (nSPS) is 10.9. The molecule has 2 nitrogen and oxygen atoms in total. The van der Waals surface area contributed by atoms with Crippen molar-refractivity contribution in [2.45, 2.75) is 33.4 Å². The number of nitrogen functional groups attached to an aromatic ring is 1. The van der Waals surface area contributed by atoms with Crippen LogP contribution in [0, 0.1) is 0 Å². The molecule has 0 amide bonds. The molecule has 0 unspecified atom stereocenters. The maximum Gasteiger partial charge on any atom is 0.0317 e. The van der Waals surface area contributed by atoms with E-state index in [2.05, 4.69) is 55.1 Å².